The summed E-state index contributed by atoms with van der Waals surface area (Å²) in [5, 5.41) is 4.33. The van der Waals surface area contributed by atoms with Crippen LogP contribution in [-0.4, -0.2) is 25.7 Å². The average Bonchev–Trinajstić information content (AvgIpc) is 3.16. The van der Waals surface area contributed by atoms with Gasteiger partial charge in [-0.25, -0.2) is 14.6 Å². The number of nitrogens with two attached hydrogens (primary N) is 1. The van der Waals surface area contributed by atoms with Crippen molar-refractivity contribution in [3.05, 3.63) is 47.9 Å². The summed E-state index contributed by atoms with van der Waals surface area (Å²) in [4.78, 5) is 20.0. The maximum Gasteiger partial charge on any atom is 0.305 e. The van der Waals surface area contributed by atoms with Gasteiger partial charge in [-0.1, -0.05) is 0 Å². The molecule has 0 saturated heterocycles. The van der Waals surface area contributed by atoms with Crippen LogP contribution in [0, 0.1) is 13.8 Å². The van der Waals surface area contributed by atoms with Gasteiger partial charge in [-0.2, -0.15) is 5.10 Å². The molecule has 4 N–H and O–H groups in total. The highest BCUT2D eigenvalue weighted by molar-refractivity contribution is 5.92. The molecule has 118 valence electrons. The monoisotopic (exact) mass is 313 g/mol. The largest absolute Gasteiger partial charge is 0.459 e. The Kier molecular flexibility index (Phi) is 3.67. The molecule has 0 unspecified atom stereocenters. The maximum atomic E-state index is 11.8. The van der Waals surface area contributed by atoms with E-state index in [2.05, 4.69) is 25.9 Å². The molecule has 0 aliphatic carbocycles. The van der Waals surface area contributed by atoms with Gasteiger partial charge in [-0.15, -0.1) is 0 Å². The highest BCUT2D eigenvalue weighted by Crippen LogP contribution is 2.22. The normalized spacial score (nSPS) is 10.5. The Bertz CT molecular complexity index is 839. The predicted molar refractivity (Wildman–Crippen MR) is 82.8 cm³/mol. The third-order valence-electron chi connectivity index (χ3n) is 3.11. The molecule has 9 nitrogen and oxygen atoms in total. The topological polar surface area (TPSA) is 124 Å². The zero-order valence-corrected chi connectivity index (χ0v) is 12.6. The Balaban J connectivity index is 1.83. The van der Waals surface area contributed by atoms with E-state index < -0.39 is 5.91 Å². The summed E-state index contributed by atoms with van der Waals surface area (Å²) in [5.41, 5.74) is 13.2. The third-order valence-corrected chi connectivity index (χ3v) is 3.11. The van der Waals surface area contributed by atoms with Crippen LogP contribution in [0.15, 0.2) is 35.2 Å². The lowest BCUT2D eigenvalue weighted by Crippen LogP contribution is -2.30. The van der Waals surface area contributed by atoms with Crippen molar-refractivity contribution in [2.45, 2.75) is 13.8 Å². The minimum atomic E-state index is -0.444. The number of nitrogens with one attached hydrogen (secondary N) is 2. The van der Waals surface area contributed by atoms with E-state index in [4.69, 9.17) is 10.2 Å². The number of anilines is 2. The first-order chi connectivity index (χ1) is 11.1. The highest BCUT2D eigenvalue weighted by Gasteiger charge is 2.14. The number of nitrogen functional groups attached to an aromatic ring is 1. The van der Waals surface area contributed by atoms with Crippen LogP contribution in [0.5, 0.6) is 0 Å². The van der Waals surface area contributed by atoms with Crippen LogP contribution >= 0.6 is 0 Å². The number of hydrogen-bond acceptors (Lipinski definition) is 7. The second kappa shape index (κ2) is 5.79. The summed E-state index contributed by atoms with van der Waals surface area (Å²) >= 11 is 0. The van der Waals surface area contributed by atoms with Gasteiger partial charge in [-0.3, -0.25) is 15.6 Å². The SMILES string of the molecule is Cc1cc(C)n(-c2ncnc(NNC(=O)c3ccco3)c2N)n1. The number of rotatable bonds is 4. The zero-order valence-electron chi connectivity index (χ0n) is 12.6. The predicted octanol–water partition coefficient (Wildman–Crippen LogP) is 1.21. The van der Waals surface area contributed by atoms with E-state index in [-0.39, 0.29) is 17.3 Å². The Hall–Kier alpha value is -3.36. The Morgan fingerprint density at radius 1 is 1.35 bits per heavy atom. The van der Waals surface area contributed by atoms with Gasteiger partial charge in [0.2, 0.25) is 0 Å². The second-order valence-electron chi connectivity index (χ2n) is 4.85. The molecule has 1 amide bonds. The van der Waals surface area contributed by atoms with Crippen molar-refractivity contribution < 1.29 is 9.21 Å². The molecular formula is C14H15N7O2. The van der Waals surface area contributed by atoms with Crippen molar-refractivity contribution in [2.75, 3.05) is 11.2 Å². The van der Waals surface area contributed by atoms with Crippen molar-refractivity contribution in [3.63, 3.8) is 0 Å². The van der Waals surface area contributed by atoms with E-state index in [1.165, 1.54) is 12.6 Å². The van der Waals surface area contributed by atoms with E-state index >= 15 is 0 Å². The Labute approximate surface area is 131 Å². The summed E-state index contributed by atoms with van der Waals surface area (Å²) in [6.45, 7) is 3.77. The van der Waals surface area contributed by atoms with Crippen molar-refractivity contribution in [2.24, 2.45) is 0 Å². The van der Waals surface area contributed by atoms with Gasteiger partial charge in [0.25, 0.3) is 0 Å². The molecule has 0 aromatic carbocycles. The van der Waals surface area contributed by atoms with Gasteiger partial charge in [0.05, 0.1) is 12.0 Å². The molecule has 3 rings (SSSR count). The van der Waals surface area contributed by atoms with Gasteiger partial charge >= 0.3 is 5.91 Å². The molecule has 3 aromatic heterocycles. The van der Waals surface area contributed by atoms with Crippen molar-refractivity contribution in [1.82, 2.24) is 25.2 Å². The van der Waals surface area contributed by atoms with Crippen molar-refractivity contribution in [1.29, 1.82) is 0 Å². The molecule has 3 heterocycles. The summed E-state index contributed by atoms with van der Waals surface area (Å²) in [5.74, 6) is 0.423. The fourth-order valence-corrected chi connectivity index (χ4v) is 2.08. The second-order valence-corrected chi connectivity index (χ2v) is 4.85. The summed E-state index contributed by atoms with van der Waals surface area (Å²) in [7, 11) is 0. The van der Waals surface area contributed by atoms with Gasteiger partial charge < -0.3 is 10.2 Å². The summed E-state index contributed by atoms with van der Waals surface area (Å²) in [6.07, 6.45) is 2.75. The highest BCUT2D eigenvalue weighted by atomic mass is 16.3. The molecule has 0 radical (unpaired) electrons. The first-order valence-corrected chi connectivity index (χ1v) is 6.80. The molecule has 23 heavy (non-hydrogen) atoms. The van der Waals surface area contributed by atoms with Crippen LogP contribution in [-0.2, 0) is 0 Å². The lowest BCUT2D eigenvalue weighted by atomic mass is 10.4. The number of nitrogens with zero attached hydrogens (tertiary/aromatic N) is 4. The van der Waals surface area contributed by atoms with Crippen LogP contribution in [0.3, 0.4) is 0 Å². The zero-order chi connectivity index (χ0) is 16.4. The van der Waals surface area contributed by atoms with Gasteiger partial charge in [0.15, 0.2) is 17.4 Å². The third kappa shape index (κ3) is 2.84. The number of hydrogen-bond donors (Lipinski definition) is 3. The Morgan fingerprint density at radius 3 is 2.83 bits per heavy atom. The molecule has 0 spiro atoms. The molecule has 0 bridgehead atoms. The fraction of sp³-hybridized carbons (Fsp3) is 0.143. The fourth-order valence-electron chi connectivity index (χ4n) is 2.08. The Morgan fingerprint density at radius 2 is 2.17 bits per heavy atom. The smallest absolute Gasteiger partial charge is 0.305 e. The van der Waals surface area contributed by atoms with Gasteiger partial charge in [0.1, 0.15) is 12.0 Å². The van der Waals surface area contributed by atoms with Crippen molar-refractivity contribution >= 4 is 17.4 Å². The van der Waals surface area contributed by atoms with Gasteiger partial charge in [0, 0.05) is 5.69 Å². The van der Waals surface area contributed by atoms with Crippen LogP contribution in [0.1, 0.15) is 21.9 Å². The standard InChI is InChI=1S/C14H15N7O2/c1-8-6-9(2)21(20-8)13-11(15)12(16-7-17-13)18-19-14(22)10-4-3-5-23-10/h3-7H,15H2,1-2H3,(H,19,22)(H,16,17,18). The number of amides is 1. The minimum Gasteiger partial charge on any atom is -0.459 e. The van der Waals surface area contributed by atoms with E-state index in [9.17, 15) is 4.79 Å². The number of aromatic nitrogens is 4. The average molecular weight is 313 g/mol. The number of furan rings is 1. The van der Waals surface area contributed by atoms with Gasteiger partial charge in [-0.05, 0) is 32.0 Å². The molecule has 0 atom stereocenters. The summed E-state index contributed by atoms with van der Waals surface area (Å²) in [6, 6.07) is 5.07. The number of carbonyl (C=O) groups is 1. The molecule has 0 aliphatic heterocycles. The summed E-state index contributed by atoms with van der Waals surface area (Å²) < 4.78 is 6.61. The van der Waals surface area contributed by atoms with Crippen LogP contribution in [0.4, 0.5) is 11.5 Å². The quantitative estimate of drug-likeness (QED) is 0.618. The maximum absolute atomic E-state index is 11.8. The molecule has 9 heteroatoms. The van der Waals surface area contributed by atoms with Crippen LogP contribution in [0.2, 0.25) is 0 Å². The molecule has 0 fully saturated rings. The number of aryl methyl sites for hydroxylation is 2. The molecule has 3 aromatic rings. The number of hydrazine groups is 1. The molecule has 0 aliphatic rings. The van der Waals surface area contributed by atoms with Crippen LogP contribution in [0.25, 0.3) is 5.82 Å². The first kappa shape index (κ1) is 14.6. The molecule has 0 saturated carbocycles. The lowest BCUT2D eigenvalue weighted by molar-refractivity contribution is 0.0935. The molecular weight excluding hydrogens is 298 g/mol. The van der Waals surface area contributed by atoms with E-state index in [0.717, 1.165) is 11.4 Å². The van der Waals surface area contributed by atoms with E-state index in [1.807, 2.05) is 19.9 Å². The van der Waals surface area contributed by atoms with Crippen molar-refractivity contribution in [3.8, 4) is 5.82 Å². The number of carbonyl (C=O) groups excluding carboxylic acids is 1. The van der Waals surface area contributed by atoms with E-state index in [0.29, 0.717) is 5.82 Å². The van der Waals surface area contributed by atoms with Crippen LogP contribution < -0.4 is 16.6 Å². The first-order valence-electron chi connectivity index (χ1n) is 6.80. The minimum absolute atomic E-state index is 0.170. The van der Waals surface area contributed by atoms with E-state index in [1.54, 1.807) is 16.8 Å². The lowest BCUT2D eigenvalue weighted by Gasteiger charge is -2.12.